The number of unbranched alkanes of at least 4 members (excludes halogenated alkanes) is 1. The van der Waals surface area contributed by atoms with E-state index < -0.39 is 10.0 Å². The van der Waals surface area contributed by atoms with E-state index in [4.69, 9.17) is 0 Å². The van der Waals surface area contributed by atoms with Crippen molar-refractivity contribution in [2.75, 3.05) is 12.3 Å². The standard InChI is InChI=1S/C12H17NO2S/c1-2-3-9-16(14,15)13-10-12(13)11-7-5-4-6-8-11/h4-8,12H,2-3,9-10H2,1H3/t12-,13?/m0/s1. The maximum atomic E-state index is 11.9. The van der Waals surface area contributed by atoms with Gasteiger partial charge in [-0.25, -0.2) is 8.42 Å². The molecular formula is C12H17NO2S. The lowest BCUT2D eigenvalue weighted by molar-refractivity contribution is 0.551. The van der Waals surface area contributed by atoms with Gasteiger partial charge in [0.1, 0.15) is 0 Å². The minimum atomic E-state index is -3.01. The molecule has 4 heteroatoms. The quantitative estimate of drug-likeness (QED) is 0.738. The summed E-state index contributed by atoms with van der Waals surface area (Å²) in [5.41, 5.74) is 1.10. The van der Waals surface area contributed by atoms with Crippen LogP contribution in [-0.2, 0) is 10.0 Å². The molecule has 0 saturated carbocycles. The lowest BCUT2D eigenvalue weighted by Crippen LogP contribution is -2.16. The molecule has 1 aromatic rings. The zero-order valence-electron chi connectivity index (χ0n) is 9.46. The highest BCUT2D eigenvalue weighted by Gasteiger charge is 2.43. The van der Waals surface area contributed by atoms with Crippen molar-refractivity contribution in [3.05, 3.63) is 35.9 Å². The van der Waals surface area contributed by atoms with Crippen molar-refractivity contribution in [1.82, 2.24) is 4.31 Å². The van der Waals surface area contributed by atoms with Crippen LogP contribution in [0, 0.1) is 0 Å². The molecule has 0 bridgehead atoms. The second-order valence-electron chi connectivity index (χ2n) is 4.17. The Hall–Kier alpha value is -0.870. The Morgan fingerprint density at radius 1 is 1.31 bits per heavy atom. The monoisotopic (exact) mass is 239 g/mol. The smallest absolute Gasteiger partial charge is 0.212 e. The van der Waals surface area contributed by atoms with Crippen LogP contribution in [0.2, 0.25) is 0 Å². The van der Waals surface area contributed by atoms with E-state index in [1.807, 2.05) is 37.3 Å². The van der Waals surface area contributed by atoms with E-state index >= 15 is 0 Å². The summed E-state index contributed by atoms with van der Waals surface area (Å²) in [6.07, 6.45) is 1.67. The third-order valence-corrected chi connectivity index (χ3v) is 4.79. The maximum absolute atomic E-state index is 11.9. The van der Waals surface area contributed by atoms with E-state index in [1.54, 1.807) is 4.31 Å². The van der Waals surface area contributed by atoms with Gasteiger partial charge in [-0.15, -0.1) is 0 Å². The van der Waals surface area contributed by atoms with Crippen molar-refractivity contribution in [2.45, 2.75) is 25.8 Å². The van der Waals surface area contributed by atoms with E-state index in [1.165, 1.54) is 0 Å². The highest BCUT2D eigenvalue weighted by Crippen LogP contribution is 2.37. The Kier molecular flexibility index (Phi) is 3.30. The Morgan fingerprint density at radius 2 is 2.00 bits per heavy atom. The molecular weight excluding hydrogens is 222 g/mol. The summed E-state index contributed by atoms with van der Waals surface area (Å²) in [4.78, 5) is 0. The van der Waals surface area contributed by atoms with Crippen LogP contribution in [0.15, 0.2) is 30.3 Å². The highest BCUT2D eigenvalue weighted by molar-refractivity contribution is 7.89. The van der Waals surface area contributed by atoms with Crippen LogP contribution < -0.4 is 0 Å². The first-order chi connectivity index (χ1) is 7.65. The normalized spacial score (nSPS) is 24.3. The minimum Gasteiger partial charge on any atom is -0.212 e. The number of sulfonamides is 1. The molecule has 0 amide bonds. The average Bonchev–Trinajstić information content (AvgIpc) is 3.08. The van der Waals surface area contributed by atoms with E-state index in [2.05, 4.69) is 0 Å². The van der Waals surface area contributed by atoms with Crippen LogP contribution >= 0.6 is 0 Å². The Labute approximate surface area is 97.1 Å². The fraction of sp³-hybridized carbons (Fsp3) is 0.500. The number of hydrogen-bond acceptors (Lipinski definition) is 2. The van der Waals surface area contributed by atoms with Gasteiger partial charge >= 0.3 is 0 Å². The SMILES string of the molecule is CCCCS(=O)(=O)N1C[C@H]1c1ccccc1. The molecule has 0 spiro atoms. The van der Waals surface area contributed by atoms with Crippen LogP contribution in [0.3, 0.4) is 0 Å². The minimum absolute atomic E-state index is 0.0862. The van der Waals surface area contributed by atoms with Gasteiger partial charge in [0.25, 0.3) is 0 Å². The molecule has 16 heavy (non-hydrogen) atoms. The van der Waals surface area contributed by atoms with E-state index in [0.717, 1.165) is 18.4 Å². The molecule has 1 aliphatic heterocycles. The molecule has 1 heterocycles. The first kappa shape index (κ1) is 11.6. The van der Waals surface area contributed by atoms with Crippen molar-refractivity contribution >= 4 is 10.0 Å². The van der Waals surface area contributed by atoms with Crippen LogP contribution in [0.25, 0.3) is 0 Å². The Morgan fingerprint density at radius 3 is 2.62 bits per heavy atom. The summed E-state index contributed by atoms with van der Waals surface area (Å²) in [7, 11) is -3.01. The second kappa shape index (κ2) is 4.55. The molecule has 0 N–H and O–H groups in total. The van der Waals surface area contributed by atoms with E-state index in [9.17, 15) is 8.42 Å². The lowest BCUT2D eigenvalue weighted by atomic mass is 10.2. The molecule has 3 nitrogen and oxygen atoms in total. The first-order valence-electron chi connectivity index (χ1n) is 5.69. The zero-order chi connectivity index (χ0) is 11.6. The van der Waals surface area contributed by atoms with Crippen LogP contribution in [0.5, 0.6) is 0 Å². The number of hydrogen-bond donors (Lipinski definition) is 0. The number of rotatable bonds is 5. The number of benzene rings is 1. The molecule has 88 valence electrons. The van der Waals surface area contributed by atoms with Crippen molar-refractivity contribution in [1.29, 1.82) is 0 Å². The van der Waals surface area contributed by atoms with Crippen molar-refractivity contribution in [2.24, 2.45) is 0 Å². The van der Waals surface area contributed by atoms with Gasteiger partial charge in [0.2, 0.25) is 10.0 Å². The van der Waals surface area contributed by atoms with Gasteiger partial charge in [0, 0.05) is 6.54 Å². The first-order valence-corrected chi connectivity index (χ1v) is 7.30. The molecule has 1 aliphatic rings. The van der Waals surface area contributed by atoms with Gasteiger partial charge in [0.15, 0.2) is 0 Å². The third-order valence-electron chi connectivity index (χ3n) is 2.86. The molecule has 2 rings (SSSR count). The highest BCUT2D eigenvalue weighted by atomic mass is 32.2. The van der Waals surface area contributed by atoms with Crippen molar-refractivity contribution in [3.63, 3.8) is 0 Å². The Bertz CT molecular complexity index is 441. The van der Waals surface area contributed by atoms with Gasteiger partial charge in [-0.2, -0.15) is 4.31 Å². The summed E-state index contributed by atoms with van der Waals surface area (Å²) in [5, 5.41) is 0. The molecule has 2 atom stereocenters. The molecule has 0 aromatic heterocycles. The predicted molar refractivity (Wildman–Crippen MR) is 64.6 cm³/mol. The molecule has 1 fully saturated rings. The van der Waals surface area contributed by atoms with Crippen LogP contribution in [0.1, 0.15) is 31.4 Å². The van der Waals surface area contributed by atoms with Gasteiger partial charge in [-0.05, 0) is 12.0 Å². The lowest BCUT2D eigenvalue weighted by Gasteiger charge is -2.05. The Balaban J connectivity index is 2.01. The molecule has 0 radical (unpaired) electrons. The molecule has 0 aliphatic carbocycles. The summed E-state index contributed by atoms with van der Waals surface area (Å²) < 4.78 is 25.3. The maximum Gasteiger partial charge on any atom is 0.214 e. The number of nitrogens with zero attached hydrogens (tertiary/aromatic N) is 1. The third kappa shape index (κ3) is 2.44. The summed E-state index contributed by atoms with van der Waals surface area (Å²) in [5.74, 6) is 0.285. The molecule has 1 aromatic carbocycles. The average molecular weight is 239 g/mol. The van der Waals surface area contributed by atoms with E-state index in [-0.39, 0.29) is 11.8 Å². The second-order valence-corrected chi connectivity index (χ2v) is 6.21. The van der Waals surface area contributed by atoms with E-state index in [0.29, 0.717) is 6.54 Å². The summed E-state index contributed by atoms with van der Waals surface area (Å²) >= 11 is 0. The van der Waals surface area contributed by atoms with Gasteiger partial charge in [-0.1, -0.05) is 43.7 Å². The van der Waals surface area contributed by atoms with Crippen molar-refractivity contribution < 1.29 is 8.42 Å². The van der Waals surface area contributed by atoms with Crippen LogP contribution in [0.4, 0.5) is 0 Å². The fourth-order valence-electron chi connectivity index (χ4n) is 1.82. The zero-order valence-corrected chi connectivity index (χ0v) is 10.3. The van der Waals surface area contributed by atoms with Gasteiger partial charge in [0.05, 0.1) is 11.8 Å². The fourth-order valence-corrected chi connectivity index (χ4v) is 3.59. The van der Waals surface area contributed by atoms with Gasteiger partial charge in [-0.3, -0.25) is 0 Å². The topological polar surface area (TPSA) is 37.1 Å². The molecule has 1 saturated heterocycles. The predicted octanol–water partition coefficient (Wildman–Crippen LogP) is 2.17. The molecule has 1 unspecified atom stereocenters. The van der Waals surface area contributed by atoms with Crippen LogP contribution in [-0.4, -0.2) is 25.0 Å². The summed E-state index contributed by atoms with van der Waals surface area (Å²) in [6, 6.07) is 9.90. The van der Waals surface area contributed by atoms with Crippen molar-refractivity contribution in [3.8, 4) is 0 Å². The van der Waals surface area contributed by atoms with Gasteiger partial charge < -0.3 is 0 Å². The largest absolute Gasteiger partial charge is 0.214 e. The summed E-state index contributed by atoms with van der Waals surface area (Å²) in [6.45, 7) is 2.66.